The summed E-state index contributed by atoms with van der Waals surface area (Å²) in [7, 11) is 0. The molecule has 0 unspecified atom stereocenters. The van der Waals surface area contributed by atoms with Crippen molar-refractivity contribution in [1.29, 1.82) is 0 Å². The quantitative estimate of drug-likeness (QED) is 0.769. The topological polar surface area (TPSA) is 69.0 Å². The predicted molar refractivity (Wildman–Crippen MR) is 90.9 cm³/mol. The molecule has 0 radical (unpaired) electrons. The van der Waals surface area contributed by atoms with Crippen molar-refractivity contribution in [1.82, 2.24) is 14.9 Å². The van der Waals surface area contributed by atoms with Crippen LogP contribution in [-0.4, -0.2) is 34.5 Å². The molecular formula is C16H22ClN3O2. The van der Waals surface area contributed by atoms with Crippen LogP contribution < -0.4 is 11.1 Å². The van der Waals surface area contributed by atoms with E-state index in [0.29, 0.717) is 16.1 Å². The molecule has 0 saturated carbocycles. The van der Waals surface area contributed by atoms with Gasteiger partial charge in [0.2, 0.25) is 0 Å². The molecule has 0 saturated heterocycles. The lowest BCUT2D eigenvalue weighted by atomic mass is 10.1. The Kier molecular flexibility index (Phi) is 5.80. The smallest absolute Gasteiger partial charge is 0.314 e. The Balaban J connectivity index is 2.23. The molecule has 2 aromatic rings. The van der Waals surface area contributed by atoms with Crippen LogP contribution in [0.2, 0.25) is 5.02 Å². The van der Waals surface area contributed by atoms with Crippen molar-refractivity contribution in [3.05, 3.63) is 43.4 Å². The number of hydrogen-bond acceptors (Lipinski definition) is 3. The first-order chi connectivity index (χ1) is 10.5. The van der Waals surface area contributed by atoms with E-state index in [1.165, 1.54) is 0 Å². The molecule has 22 heavy (non-hydrogen) atoms. The lowest BCUT2D eigenvalue weighted by molar-refractivity contribution is 0.278. The number of fused-ring (bicyclic) bond motifs is 1. The third-order valence-electron chi connectivity index (χ3n) is 3.64. The second-order valence-electron chi connectivity index (χ2n) is 5.50. The highest BCUT2D eigenvalue weighted by Crippen LogP contribution is 2.21. The summed E-state index contributed by atoms with van der Waals surface area (Å²) in [5.41, 5.74) is 0.773. The van der Waals surface area contributed by atoms with Crippen molar-refractivity contribution in [2.45, 2.75) is 33.1 Å². The van der Waals surface area contributed by atoms with E-state index in [-0.39, 0.29) is 0 Å². The first-order valence-electron chi connectivity index (χ1n) is 7.72. The van der Waals surface area contributed by atoms with E-state index < -0.39 is 11.1 Å². The third-order valence-corrected chi connectivity index (χ3v) is 3.94. The SMILES string of the molecule is CCCN(CCC)CCc1cc(Cl)c2[nH]c(=O)c(=O)[nH]c2c1. The number of halogens is 1. The molecule has 0 aliphatic rings. The van der Waals surface area contributed by atoms with Gasteiger partial charge in [-0.1, -0.05) is 25.4 Å². The standard InChI is InChI=1S/C16H22ClN3O2/c1-3-6-20(7-4-2)8-5-11-9-12(17)14-13(10-11)18-15(21)16(22)19-14/h9-10H,3-8H2,1-2H3,(H,18,21)(H,19,22). The van der Waals surface area contributed by atoms with Gasteiger partial charge in [-0.15, -0.1) is 0 Å². The molecule has 6 heteroatoms. The monoisotopic (exact) mass is 323 g/mol. The Morgan fingerprint density at radius 2 is 1.64 bits per heavy atom. The summed E-state index contributed by atoms with van der Waals surface area (Å²) in [5.74, 6) is 0. The van der Waals surface area contributed by atoms with Gasteiger partial charge in [0.15, 0.2) is 0 Å². The Hall–Kier alpha value is -1.59. The number of aromatic nitrogens is 2. The summed E-state index contributed by atoms with van der Waals surface area (Å²) >= 11 is 6.22. The van der Waals surface area contributed by atoms with Gasteiger partial charge in [-0.05, 0) is 50.0 Å². The van der Waals surface area contributed by atoms with Gasteiger partial charge in [0, 0.05) is 6.54 Å². The van der Waals surface area contributed by atoms with Crippen LogP contribution >= 0.6 is 11.6 Å². The summed E-state index contributed by atoms with van der Waals surface area (Å²) in [4.78, 5) is 30.3. The van der Waals surface area contributed by atoms with E-state index in [4.69, 9.17) is 11.6 Å². The molecule has 0 aliphatic heterocycles. The number of nitrogens with zero attached hydrogens (tertiary/aromatic N) is 1. The van der Waals surface area contributed by atoms with Gasteiger partial charge in [-0.2, -0.15) is 0 Å². The number of nitrogens with one attached hydrogen (secondary N) is 2. The van der Waals surface area contributed by atoms with Gasteiger partial charge < -0.3 is 14.9 Å². The van der Waals surface area contributed by atoms with E-state index >= 15 is 0 Å². The predicted octanol–water partition coefficient (Wildman–Crippen LogP) is 2.53. The molecule has 2 N–H and O–H groups in total. The number of aromatic amines is 2. The molecule has 120 valence electrons. The summed E-state index contributed by atoms with van der Waals surface area (Å²) in [6.07, 6.45) is 3.12. The van der Waals surface area contributed by atoms with E-state index in [0.717, 1.165) is 44.5 Å². The summed E-state index contributed by atoms with van der Waals surface area (Å²) < 4.78 is 0. The van der Waals surface area contributed by atoms with Crippen LogP contribution in [0.4, 0.5) is 0 Å². The first kappa shape index (κ1) is 16.8. The van der Waals surface area contributed by atoms with Crippen LogP contribution in [0.15, 0.2) is 21.7 Å². The van der Waals surface area contributed by atoms with Crippen LogP contribution in [-0.2, 0) is 6.42 Å². The van der Waals surface area contributed by atoms with Gasteiger partial charge in [0.05, 0.1) is 16.1 Å². The molecule has 2 rings (SSSR count). The average Bonchev–Trinajstić information content (AvgIpc) is 2.47. The van der Waals surface area contributed by atoms with Gasteiger partial charge in [0.1, 0.15) is 0 Å². The highest BCUT2D eigenvalue weighted by Gasteiger charge is 2.08. The van der Waals surface area contributed by atoms with Gasteiger partial charge in [-0.3, -0.25) is 9.59 Å². The van der Waals surface area contributed by atoms with Crippen molar-refractivity contribution in [3.63, 3.8) is 0 Å². The molecular weight excluding hydrogens is 302 g/mol. The Bertz CT molecular complexity index is 745. The fourth-order valence-electron chi connectivity index (χ4n) is 2.64. The molecule has 1 aromatic carbocycles. The maximum Gasteiger partial charge on any atom is 0.314 e. The molecule has 0 spiro atoms. The molecule has 1 aromatic heterocycles. The number of H-pyrrole nitrogens is 2. The van der Waals surface area contributed by atoms with E-state index in [1.807, 2.05) is 12.1 Å². The molecule has 5 nitrogen and oxygen atoms in total. The molecule has 0 amide bonds. The lowest BCUT2D eigenvalue weighted by Gasteiger charge is -2.20. The Morgan fingerprint density at radius 3 is 2.27 bits per heavy atom. The Morgan fingerprint density at radius 1 is 1.00 bits per heavy atom. The molecule has 1 heterocycles. The van der Waals surface area contributed by atoms with E-state index in [9.17, 15) is 9.59 Å². The number of rotatable bonds is 7. The Labute approximate surface area is 134 Å². The largest absolute Gasteiger partial charge is 0.316 e. The highest BCUT2D eigenvalue weighted by molar-refractivity contribution is 6.34. The number of benzene rings is 1. The maximum absolute atomic E-state index is 11.4. The summed E-state index contributed by atoms with van der Waals surface area (Å²) in [6.45, 7) is 7.48. The summed E-state index contributed by atoms with van der Waals surface area (Å²) in [6, 6.07) is 3.74. The van der Waals surface area contributed by atoms with Crippen LogP contribution in [0, 0.1) is 0 Å². The summed E-state index contributed by atoms with van der Waals surface area (Å²) in [5, 5.41) is 0.457. The zero-order valence-electron chi connectivity index (χ0n) is 13.0. The van der Waals surface area contributed by atoms with Crippen LogP contribution in [0.1, 0.15) is 32.3 Å². The normalized spacial score (nSPS) is 11.5. The van der Waals surface area contributed by atoms with Crippen molar-refractivity contribution in [2.75, 3.05) is 19.6 Å². The fourth-order valence-corrected chi connectivity index (χ4v) is 2.93. The van der Waals surface area contributed by atoms with Gasteiger partial charge in [0.25, 0.3) is 0 Å². The van der Waals surface area contributed by atoms with E-state index in [2.05, 4.69) is 28.7 Å². The zero-order valence-corrected chi connectivity index (χ0v) is 13.8. The van der Waals surface area contributed by atoms with Crippen LogP contribution in [0.25, 0.3) is 11.0 Å². The minimum absolute atomic E-state index is 0.457. The van der Waals surface area contributed by atoms with Crippen molar-refractivity contribution >= 4 is 22.6 Å². The van der Waals surface area contributed by atoms with Crippen LogP contribution in [0.5, 0.6) is 0 Å². The van der Waals surface area contributed by atoms with E-state index in [1.54, 1.807) is 0 Å². The molecule has 0 fully saturated rings. The van der Waals surface area contributed by atoms with Crippen molar-refractivity contribution in [3.8, 4) is 0 Å². The maximum atomic E-state index is 11.4. The molecule has 0 bridgehead atoms. The van der Waals surface area contributed by atoms with Crippen molar-refractivity contribution < 1.29 is 0 Å². The van der Waals surface area contributed by atoms with Gasteiger partial charge >= 0.3 is 11.1 Å². The lowest BCUT2D eigenvalue weighted by Crippen LogP contribution is -2.29. The fraction of sp³-hybridized carbons (Fsp3) is 0.500. The number of hydrogen-bond donors (Lipinski definition) is 2. The molecule has 0 aliphatic carbocycles. The van der Waals surface area contributed by atoms with Gasteiger partial charge in [-0.25, -0.2) is 0 Å². The highest BCUT2D eigenvalue weighted by atomic mass is 35.5. The second-order valence-corrected chi connectivity index (χ2v) is 5.91. The average molecular weight is 324 g/mol. The third kappa shape index (κ3) is 3.99. The first-order valence-corrected chi connectivity index (χ1v) is 8.10. The van der Waals surface area contributed by atoms with Crippen molar-refractivity contribution in [2.24, 2.45) is 0 Å². The second kappa shape index (κ2) is 7.61. The van der Waals surface area contributed by atoms with Crippen LogP contribution in [0.3, 0.4) is 0 Å². The zero-order chi connectivity index (χ0) is 16.1. The minimum Gasteiger partial charge on any atom is -0.316 e. The molecule has 0 atom stereocenters. The minimum atomic E-state index is -0.681.